The van der Waals surface area contributed by atoms with Crippen LogP contribution in [0.4, 0.5) is 0 Å². The minimum atomic E-state index is 0.725. The summed E-state index contributed by atoms with van der Waals surface area (Å²) in [7, 11) is 0. The first-order chi connectivity index (χ1) is 9.72. The SMILES string of the molecule is Cc1[nH]nc(CN2CCC(Cn3cccn3)CC2)c1Cl. The lowest BCUT2D eigenvalue weighted by Crippen LogP contribution is -2.34. The third kappa shape index (κ3) is 3.04. The van der Waals surface area contributed by atoms with Gasteiger partial charge < -0.3 is 0 Å². The van der Waals surface area contributed by atoms with Gasteiger partial charge in [0.25, 0.3) is 0 Å². The number of rotatable bonds is 4. The van der Waals surface area contributed by atoms with Gasteiger partial charge in [0.15, 0.2) is 0 Å². The molecule has 3 rings (SSSR count). The molecule has 1 aliphatic heterocycles. The van der Waals surface area contributed by atoms with Crippen molar-refractivity contribution in [3.05, 3.63) is 34.9 Å². The Labute approximate surface area is 123 Å². The van der Waals surface area contributed by atoms with Crippen molar-refractivity contribution in [1.82, 2.24) is 24.9 Å². The first-order valence-electron chi connectivity index (χ1n) is 7.11. The molecule has 0 atom stereocenters. The monoisotopic (exact) mass is 293 g/mol. The predicted molar refractivity (Wildman–Crippen MR) is 78.6 cm³/mol. The lowest BCUT2D eigenvalue weighted by atomic mass is 9.97. The zero-order valence-corrected chi connectivity index (χ0v) is 12.5. The van der Waals surface area contributed by atoms with Gasteiger partial charge in [-0.1, -0.05) is 11.6 Å². The van der Waals surface area contributed by atoms with Gasteiger partial charge >= 0.3 is 0 Å². The fraction of sp³-hybridized carbons (Fsp3) is 0.571. The summed E-state index contributed by atoms with van der Waals surface area (Å²) in [5, 5.41) is 12.3. The van der Waals surface area contributed by atoms with Crippen molar-refractivity contribution in [1.29, 1.82) is 0 Å². The molecule has 0 spiro atoms. The second-order valence-electron chi connectivity index (χ2n) is 5.56. The third-order valence-corrected chi connectivity index (χ3v) is 4.53. The van der Waals surface area contributed by atoms with E-state index in [1.165, 1.54) is 12.8 Å². The van der Waals surface area contributed by atoms with Crippen molar-refractivity contribution in [3.63, 3.8) is 0 Å². The highest BCUT2D eigenvalue weighted by atomic mass is 35.5. The van der Waals surface area contributed by atoms with Crippen LogP contribution in [0.1, 0.15) is 24.2 Å². The fourth-order valence-corrected chi connectivity index (χ4v) is 2.93. The van der Waals surface area contributed by atoms with Gasteiger partial charge in [0.2, 0.25) is 0 Å². The van der Waals surface area contributed by atoms with E-state index in [1.807, 2.05) is 30.1 Å². The molecule has 20 heavy (non-hydrogen) atoms. The maximum Gasteiger partial charge on any atom is 0.0951 e. The number of likely N-dealkylation sites (tertiary alicyclic amines) is 1. The topological polar surface area (TPSA) is 49.7 Å². The molecule has 2 aromatic rings. The van der Waals surface area contributed by atoms with E-state index in [0.717, 1.165) is 48.5 Å². The molecule has 6 heteroatoms. The van der Waals surface area contributed by atoms with Crippen LogP contribution in [0.2, 0.25) is 5.02 Å². The highest BCUT2D eigenvalue weighted by molar-refractivity contribution is 6.31. The number of aromatic nitrogens is 4. The van der Waals surface area contributed by atoms with Gasteiger partial charge in [-0.3, -0.25) is 14.7 Å². The second-order valence-corrected chi connectivity index (χ2v) is 5.93. The van der Waals surface area contributed by atoms with Crippen molar-refractivity contribution in [2.45, 2.75) is 32.9 Å². The third-order valence-electron chi connectivity index (χ3n) is 4.03. The van der Waals surface area contributed by atoms with E-state index in [-0.39, 0.29) is 0 Å². The van der Waals surface area contributed by atoms with Crippen molar-refractivity contribution >= 4 is 11.6 Å². The number of hydrogen-bond acceptors (Lipinski definition) is 3. The van der Waals surface area contributed by atoms with Gasteiger partial charge in [-0.25, -0.2) is 0 Å². The van der Waals surface area contributed by atoms with Crippen LogP contribution in [0, 0.1) is 12.8 Å². The summed E-state index contributed by atoms with van der Waals surface area (Å²) >= 11 is 6.22. The number of piperidine rings is 1. The average molecular weight is 294 g/mol. The van der Waals surface area contributed by atoms with E-state index in [1.54, 1.807) is 0 Å². The summed E-state index contributed by atoms with van der Waals surface area (Å²) in [5.41, 5.74) is 1.92. The van der Waals surface area contributed by atoms with Crippen molar-refractivity contribution < 1.29 is 0 Å². The number of aromatic amines is 1. The fourth-order valence-electron chi connectivity index (χ4n) is 2.78. The highest BCUT2D eigenvalue weighted by Crippen LogP contribution is 2.23. The first-order valence-corrected chi connectivity index (χ1v) is 7.49. The summed E-state index contributed by atoms with van der Waals surface area (Å²) in [5.74, 6) is 0.725. The van der Waals surface area contributed by atoms with Gasteiger partial charge in [-0.15, -0.1) is 0 Å². The molecule has 0 aromatic carbocycles. The number of aryl methyl sites for hydroxylation is 1. The molecular formula is C14H20ClN5. The standard InChI is InChI=1S/C14H20ClN5/c1-11-14(15)13(18-17-11)10-19-7-3-12(4-8-19)9-20-6-2-5-16-20/h2,5-6,12H,3-4,7-10H2,1H3,(H,17,18). The summed E-state index contributed by atoms with van der Waals surface area (Å²) in [6.07, 6.45) is 6.30. The molecule has 2 aromatic heterocycles. The molecule has 1 aliphatic rings. The van der Waals surface area contributed by atoms with E-state index in [9.17, 15) is 0 Å². The first kappa shape index (κ1) is 13.6. The Morgan fingerprint density at radius 2 is 2.20 bits per heavy atom. The Balaban J connectivity index is 1.50. The predicted octanol–water partition coefficient (Wildman–Crippen LogP) is 2.48. The lowest BCUT2D eigenvalue weighted by molar-refractivity contribution is 0.163. The molecule has 0 amide bonds. The lowest BCUT2D eigenvalue weighted by Gasteiger charge is -2.31. The van der Waals surface area contributed by atoms with Gasteiger partial charge in [-0.2, -0.15) is 10.2 Å². The van der Waals surface area contributed by atoms with Crippen LogP contribution in [-0.2, 0) is 13.1 Å². The number of H-pyrrole nitrogens is 1. The second kappa shape index (κ2) is 5.97. The minimum Gasteiger partial charge on any atom is -0.297 e. The molecule has 5 nitrogen and oxygen atoms in total. The quantitative estimate of drug-likeness (QED) is 0.942. The summed E-state index contributed by atoms with van der Waals surface area (Å²) in [6, 6.07) is 1.98. The maximum absolute atomic E-state index is 6.22. The smallest absolute Gasteiger partial charge is 0.0951 e. The van der Waals surface area contributed by atoms with Crippen molar-refractivity contribution in [2.75, 3.05) is 13.1 Å². The molecular weight excluding hydrogens is 274 g/mol. The molecule has 1 N–H and O–H groups in total. The summed E-state index contributed by atoms with van der Waals surface area (Å²) in [6.45, 7) is 6.04. The highest BCUT2D eigenvalue weighted by Gasteiger charge is 2.21. The number of halogens is 1. The van der Waals surface area contributed by atoms with E-state index in [2.05, 4.69) is 20.2 Å². The van der Waals surface area contributed by atoms with Gasteiger partial charge in [0, 0.05) is 25.5 Å². The zero-order chi connectivity index (χ0) is 13.9. The minimum absolute atomic E-state index is 0.725. The average Bonchev–Trinajstić information content (AvgIpc) is 3.06. The molecule has 1 saturated heterocycles. The van der Waals surface area contributed by atoms with Crippen molar-refractivity contribution in [3.8, 4) is 0 Å². The Morgan fingerprint density at radius 1 is 1.40 bits per heavy atom. The largest absolute Gasteiger partial charge is 0.297 e. The zero-order valence-electron chi connectivity index (χ0n) is 11.7. The van der Waals surface area contributed by atoms with Crippen LogP contribution < -0.4 is 0 Å². The van der Waals surface area contributed by atoms with Crippen LogP contribution in [-0.4, -0.2) is 38.0 Å². The Hall–Kier alpha value is -1.33. The molecule has 0 saturated carbocycles. The number of nitrogens with zero attached hydrogens (tertiary/aromatic N) is 4. The Bertz CT molecular complexity index is 540. The number of nitrogens with one attached hydrogen (secondary N) is 1. The van der Waals surface area contributed by atoms with Crippen LogP contribution in [0.25, 0.3) is 0 Å². The Morgan fingerprint density at radius 3 is 2.80 bits per heavy atom. The Kier molecular flexibility index (Phi) is 4.08. The molecule has 0 radical (unpaired) electrons. The summed E-state index contributed by atoms with van der Waals surface area (Å²) in [4.78, 5) is 2.43. The van der Waals surface area contributed by atoms with Gasteiger partial charge in [0.1, 0.15) is 0 Å². The van der Waals surface area contributed by atoms with Crippen LogP contribution >= 0.6 is 11.6 Å². The van der Waals surface area contributed by atoms with Crippen molar-refractivity contribution in [2.24, 2.45) is 5.92 Å². The van der Waals surface area contributed by atoms with E-state index < -0.39 is 0 Å². The van der Waals surface area contributed by atoms with Gasteiger partial charge in [-0.05, 0) is 44.8 Å². The molecule has 0 unspecified atom stereocenters. The van der Waals surface area contributed by atoms with E-state index >= 15 is 0 Å². The van der Waals surface area contributed by atoms with Crippen LogP contribution in [0.15, 0.2) is 18.5 Å². The maximum atomic E-state index is 6.22. The van der Waals surface area contributed by atoms with Crippen LogP contribution in [0.3, 0.4) is 0 Å². The summed E-state index contributed by atoms with van der Waals surface area (Å²) < 4.78 is 2.04. The molecule has 108 valence electrons. The molecule has 0 bridgehead atoms. The van der Waals surface area contributed by atoms with Crippen LogP contribution in [0.5, 0.6) is 0 Å². The molecule has 1 fully saturated rings. The molecule has 0 aliphatic carbocycles. The normalized spacial score (nSPS) is 17.7. The van der Waals surface area contributed by atoms with E-state index in [0.29, 0.717) is 0 Å². The van der Waals surface area contributed by atoms with E-state index in [4.69, 9.17) is 11.6 Å². The molecule has 3 heterocycles. The van der Waals surface area contributed by atoms with Gasteiger partial charge in [0.05, 0.1) is 16.4 Å². The number of hydrogen-bond donors (Lipinski definition) is 1.